The number of carbonyl (C=O) groups excluding carboxylic acids is 3. The van der Waals surface area contributed by atoms with E-state index >= 15 is 0 Å². The first-order valence-corrected chi connectivity index (χ1v) is 7.16. The number of fused-ring (bicyclic) bond motifs is 1. The summed E-state index contributed by atoms with van der Waals surface area (Å²) < 4.78 is 5.51. The normalized spacial score (nSPS) is 14.6. The number of hydrogen-bond donors (Lipinski definition) is 1. The molecule has 1 saturated heterocycles. The van der Waals surface area contributed by atoms with E-state index in [0.29, 0.717) is 29.6 Å². The van der Waals surface area contributed by atoms with Crippen LogP contribution < -0.4 is 5.32 Å². The average Bonchev–Trinajstić information content (AvgIpc) is 3.04. The Balaban J connectivity index is 1.86. The van der Waals surface area contributed by atoms with Crippen molar-refractivity contribution in [3.05, 3.63) is 30.0 Å². The van der Waals surface area contributed by atoms with Crippen molar-refractivity contribution in [1.82, 2.24) is 4.90 Å². The molecule has 0 atom stereocenters. The third kappa shape index (κ3) is 2.59. The SMILES string of the molecule is CC(=O)c1oc2ccccc2c1NC(=O)CN1CCCC1=O. The highest BCUT2D eigenvalue weighted by Crippen LogP contribution is 2.31. The zero-order valence-corrected chi connectivity index (χ0v) is 12.2. The van der Waals surface area contributed by atoms with Gasteiger partial charge in [0.25, 0.3) is 0 Å². The van der Waals surface area contributed by atoms with Crippen molar-refractivity contribution in [3.63, 3.8) is 0 Å². The fourth-order valence-corrected chi connectivity index (χ4v) is 2.64. The van der Waals surface area contributed by atoms with Gasteiger partial charge in [-0.05, 0) is 18.6 Å². The number of nitrogens with one attached hydrogen (secondary N) is 1. The van der Waals surface area contributed by atoms with Crippen LogP contribution >= 0.6 is 0 Å². The maximum Gasteiger partial charge on any atom is 0.244 e. The van der Waals surface area contributed by atoms with Gasteiger partial charge in [-0.3, -0.25) is 14.4 Å². The van der Waals surface area contributed by atoms with Gasteiger partial charge in [-0.2, -0.15) is 0 Å². The van der Waals surface area contributed by atoms with Crippen molar-refractivity contribution >= 4 is 34.3 Å². The van der Waals surface area contributed by atoms with Gasteiger partial charge < -0.3 is 14.6 Å². The molecule has 0 bridgehead atoms. The number of furan rings is 1. The molecule has 0 radical (unpaired) electrons. The minimum atomic E-state index is -0.329. The van der Waals surface area contributed by atoms with E-state index in [2.05, 4.69) is 5.32 Å². The largest absolute Gasteiger partial charge is 0.451 e. The van der Waals surface area contributed by atoms with E-state index in [1.807, 2.05) is 0 Å². The van der Waals surface area contributed by atoms with Gasteiger partial charge in [0.2, 0.25) is 11.8 Å². The molecule has 6 nitrogen and oxygen atoms in total. The molecule has 1 aliphatic rings. The lowest BCUT2D eigenvalue weighted by atomic mass is 10.2. The Morgan fingerprint density at radius 1 is 1.32 bits per heavy atom. The van der Waals surface area contributed by atoms with E-state index in [0.717, 1.165) is 6.42 Å². The van der Waals surface area contributed by atoms with Crippen LogP contribution in [0, 0.1) is 0 Å². The quantitative estimate of drug-likeness (QED) is 0.878. The molecular weight excluding hydrogens is 284 g/mol. The summed E-state index contributed by atoms with van der Waals surface area (Å²) in [7, 11) is 0. The van der Waals surface area contributed by atoms with Gasteiger partial charge in [0, 0.05) is 25.3 Å². The number of likely N-dealkylation sites (tertiary alicyclic amines) is 1. The van der Waals surface area contributed by atoms with Crippen LogP contribution in [0.5, 0.6) is 0 Å². The van der Waals surface area contributed by atoms with Crippen LogP contribution in [0.4, 0.5) is 5.69 Å². The molecule has 22 heavy (non-hydrogen) atoms. The van der Waals surface area contributed by atoms with Gasteiger partial charge in [0.1, 0.15) is 5.58 Å². The Kier molecular flexibility index (Phi) is 3.66. The van der Waals surface area contributed by atoms with Gasteiger partial charge in [0.15, 0.2) is 11.5 Å². The second kappa shape index (κ2) is 5.63. The van der Waals surface area contributed by atoms with Crippen LogP contribution in [0.25, 0.3) is 11.0 Å². The molecule has 2 aromatic rings. The second-order valence-electron chi connectivity index (χ2n) is 5.33. The standard InChI is InChI=1S/C16H16N2O4/c1-10(19)16-15(11-5-2-3-6-12(11)22-16)17-13(20)9-18-8-4-7-14(18)21/h2-3,5-6H,4,7-9H2,1H3,(H,17,20). The summed E-state index contributed by atoms with van der Waals surface area (Å²) in [6.45, 7) is 1.98. The number of carbonyl (C=O) groups is 3. The molecule has 2 amide bonds. The molecule has 1 aliphatic heterocycles. The van der Waals surface area contributed by atoms with Gasteiger partial charge >= 0.3 is 0 Å². The molecular formula is C16H16N2O4. The van der Waals surface area contributed by atoms with Gasteiger partial charge in [-0.15, -0.1) is 0 Å². The van der Waals surface area contributed by atoms with Crippen molar-refractivity contribution in [2.24, 2.45) is 0 Å². The van der Waals surface area contributed by atoms with Crippen LogP contribution in [0.2, 0.25) is 0 Å². The molecule has 1 fully saturated rings. The Hall–Kier alpha value is -2.63. The average molecular weight is 300 g/mol. The lowest BCUT2D eigenvalue weighted by molar-refractivity contribution is -0.131. The molecule has 0 saturated carbocycles. The maximum absolute atomic E-state index is 12.2. The lowest BCUT2D eigenvalue weighted by Crippen LogP contribution is -2.34. The molecule has 6 heteroatoms. The zero-order valence-electron chi connectivity index (χ0n) is 12.2. The predicted molar refractivity (Wildman–Crippen MR) is 80.7 cm³/mol. The summed E-state index contributed by atoms with van der Waals surface area (Å²) in [5, 5.41) is 3.39. The third-order valence-corrected chi connectivity index (χ3v) is 3.69. The van der Waals surface area contributed by atoms with Crippen LogP contribution in [0.3, 0.4) is 0 Å². The van der Waals surface area contributed by atoms with Crippen LogP contribution in [0.15, 0.2) is 28.7 Å². The minimum Gasteiger partial charge on any atom is -0.451 e. The number of para-hydroxylation sites is 1. The molecule has 0 unspecified atom stereocenters. The summed E-state index contributed by atoms with van der Waals surface area (Å²) in [5.74, 6) is -0.477. The van der Waals surface area contributed by atoms with Crippen molar-refractivity contribution in [2.45, 2.75) is 19.8 Å². The fraction of sp³-hybridized carbons (Fsp3) is 0.312. The Morgan fingerprint density at radius 2 is 2.09 bits per heavy atom. The van der Waals surface area contributed by atoms with Gasteiger partial charge in [-0.25, -0.2) is 0 Å². The highest BCUT2D eigenvalue weighted by molar-refractivity contribution is 6.11. The summed E-state index contributed by atoms with van der Waals surface area (Å²) in [5.41, 5.74) is 0.917. The topological polar surface area (TPSA) is 79.6 Å². The smallest absolute Gasteiger partial charge is 0.244 e. The summed E-state index contributed by atoms with van der Waals surface area (Å²) >= 11 is 0. The highest BCUT2D eigenvalue weighted by atomic mass is 16.3. The molecule has 0 aliphatic carbocycles. The molecule has 1 aromatic heterocycles. The first-order valence-electron chi connectivity index (χ1n) is 7.16. The Bertz CT molecular complexity index is 763. The van der Waals surface area contributed by atoms with Crippen LogP contribution in [-0.2, 0) is 9.59 Å². The summed E-state index contributed by atoms with van der Waals surface area (Å²) in [6, 6.07) is 7.12. The van der Waals surface area contributed by atoms with E-state index < -0.39 is 0 Å². The zero-order chi connectivity index (χ0) is 15.7. The summed E-state index contributed by atoms with van der Waals surface area (Å²) in [4.78, 5) is 37.0. The minimum absolute atomic E-state index is 0.00428. The first-order chi connectivity index (χ1) is 10.6. The van der Waals surface area contributed by atoms with E-state index in [1.54, 1.807) is 24.3 Å². The number of amides is 2. The van der Waals surface area contributed by atoms with E-state index in [4.69, 9.17) is 4.42 Å². The number of Topliss-reactive ketones (excluding diaryl/α,β-unsaturated/α-hetero) is 1. The Labute approximate surface area is 127 Å². The fourth-order valence-electron chi connectivity index (χ4n) is 2.64. The number of anilines is 1. The maximum atomic E-state index is 12.2. The van der Waals surface area contributed by atoms with Gasteiger partial charge in [0.05, 0.1) is 12.2 Å². The van der Waals surface area contributed by atoms with E-state index in [-0.39, 0.29) is 29.9 Å². The van der Waals surface area contributed by atoms with Crippen molar-refractivity contribution in [1.29, 1.82) is 0 Å². The predicted octanol–water partition coefficient (Wildman–Crippen LogP) is 2.20. The number of rotatable bonds is 4. The molecule has 0 spiro atoms. The van der Waals surface area contributed by atoms with Crippen LogP contribution in [-0.4, -0.2) is 35.6 Å². The van der Waals surface area contributed by atoms with Gasteiger partial charge in [-0.1, -0.05) is 12.1 Å². The van der Waals surface area contributed by atoms with Crippen LogP contribution in [0.1, 0.15) is 30.3 Å². The van der Waals surface area contributed by atoms with E-state index in [1.165, 1.54) is 11.8 Å². The lowest BCUT2D eigenvalue weighted by Gasteiger charge is -2.14. The number of nitrogens with zero attached hydrogens (tertiary/aromatic N) is 1. The number of hydrogen-bond acceptors (Lipinski definition) is 4. The van der Waals surface area contributed by atoms with Crippen molar-refractivity contribution < 1.29 is 18.8 Å². The molecule has 114 valence electrons. The first kappa shape index (κ1) is 14.3. The monoisotopic (exact) mass is 300 g/mol. The second-order valence-corrected chi connectivity index (χ2v) is 5.33. The van der Waals surface area contributed by atoms with E-state index in [9.17, 15) is 14.4 Å². The Morgan fingerprint density at radius 3 is 2.77 bits per heavy atom. The highest BCUT2D eigenvalue weighted by Gasteiger charge is 2.24. The molecule has 1 aromatic carbocycles. The van der Waals surface area contributed by atoms with Crippen molar-refractivity contribution in [2.75, 3.05) is 18.4 Å². The third-order valence-electron chi connectivity index (χ3n) is 3.69. The number of ketones is 1. The number of benzene rings is 1. The summed E-state index contributed by atoms with van der Waals surface area (Å²) in [6.07, 6.45) is 1.26. The molecule has 3 rings (SSSR count). The molecule has 1 N–H and O–H groups in total. The molecule has 2 heterocycles. The van der Waals surface area contributed by atoms with Crippen molar-refractivity contribution in [3.8, 4) is 0 Å².